The van der Waals surface area contributed by atoms with Gasteiger partial charge >= 0.3 is 0 Å². The highest BCUT2D eigenvalue weighted by Gasteiger charge is 2.42. The summed E-state index contributed by atoms with van der Waals surface area (Å²) in [5.74, 6) is -0.904. The summed E-state index contributed by atoms with van der Waals surface area (Å²) in [6, 6.07) is 13.2. The summed E-state index contributed by atoms with van der Waals surface area (Å²) in [7, 11) is 0. The molecule has 0 heterocycles. The molecule has 0 fully saturated rings. The van der Waals surface area contributed by atoms with E-state index >= 15 is 0 Å². The molecular formula is C18H16BrFO2. The molecule has 2 nitrogen and oxygen atoms in total. The maximum absolute atomic E-state index is 14.4. The summed E-state index contributed by atoms with van der Waals surface area (Å²) in [6.07, 6.45) is -0.0646. The number of ketones is 2. The summed E-state index contributed by atoms with van der Waals surface area (Å²) in [5, 5.41) is 0. The lowest BCUT2D eigenvalue weighted by Gasteiger charge is -2.32. The molecule has 0 radical (unpaired) electrons. The molecule has 0 N–H and O–H groups in total. The third-order valence-corrected chi connectivity index (χ3v) is 4.31. The Morgan fingerprint density at radius 3 is 2.14 bits per heavy atom. The van der Waals surface area contributed by atoms with Crippen molar-refractivity contribution in [3.63, 3.8) is 0 Å². The lowest BCUT2D eigenvalue weighted by atomic mass is 9.68. The highest BCUT2D eigenvalue weighted by Crippen LogP contribution is 2.39. The minimum atomic E-state index is -1.29. The van der Waals surface area contributed by atoms with E-state index in [1.165, 1.54) is 19.9 Å². The first-order valence-corrected chi connectivity index (χ1v) is 7.69. The van der Waals surface area contributed by atoms with Crippen LogP contribution in [0.4, 0.5) is 4.39 Å². The molecule has 0 aliphatic rings. The highest BCUT2D eigenvalue weighted by atomic mass is 79.9. The van der Waals surface area contributed by atoms with Crippen molar-refractivity contribution in [2.45, 2.75) is 25.7 Å². The van der Waals surface area contributed by atoms with Crippen LogP contribution in [0.15, 0.2) is 53.0 Å². The number of carbonyl (C=O) groups is 2. The lowest BCUT2D eigenvalue weighted by molar-refractivity contribution is -0.126. The molecule has 22 heavy (non-hydrogen) atoms. The number of halogens is 2. The molecule has 1 atom stereocenters. The summed E-state index contributed by atoms with van der Waals surface area (Å²) >= 11 is 3.34. The predicted molar refractivity (Wildman–Crippen MR) is 87.3 cm³/mol. The number of rotatable bonds is 5. The molecule has 2 aromatic rings. The van der Waals surface area contributed by atoms with Crippen molar-refractivity contribution in [2.24, 2.45) is 0 Å². The zero-order valence-corrected chi connectivity index (χ0v) is 14.0. The van der Waals surface area contributed by atoms with Crippen molar-refractivity contribution < 1.29 is 14.0 Å². The molecule has 2 rings (SSSR count). The van der Waals surface area contributed by atoms with E-state index in [0.717, 1.165) is 4.47 Å². The fourth-order valence-corrected chi connectivity index (χ4v) is 3.05. The quantitative estimate of drug-likeness (QED) is 0.787. The van der Waals surface area contributed by atoms with E-state index < -0.39 is 11.2 Å². The SMILES string of the molecule is CC(=O)CC(C(C)=O)(c1ccc(Br)cc1)c1ccccc1F. The van der Waals surface area contributed by atoms with Gasteiger partial charge in [0.05, 0.1) is 5.41 Å². The monoisotopic (exact) mass is 362 g/mol. The number of hydrogen-bond donors (Lipinski definition) is 0. The van der Waals surface area contributed by atoms with E-state index in [1.807, 2.05) is 0 Å². The third-order valence-electron chi connectivity index (χ3n) is 3.79. The van der Waals surface area contributed by atoms with E-state index in [2.05, 4.69) is 15.9 Å². The van der Waals surface area contributed by atoms with Crippen LogP contribution >= 0.6 is 15.9 Å². The molecule has 0 spiro atoms. The van der Waals surface area contributed by atoms with Gasteiger partial charge in [-0.2, -0.15) is 0 Å². The number of benzene rings is 2. The molecule has 0 saturated carbocycles. The fraction of sp³-hybridized carbons (Fsp3) is 0.222. The second-order valence-corrected chi connectivity index (χ2v) is 6.24. The second kappa shape index (κ2) is 6.53. The van der Waals surface area contributed by atoms with Crippen molar-refractivity contribution in [2.75, 3.05) is 0 Å². The predicted octanol–water partition coefficient (Wildman–Crippen LogP) is 4.44. The minimum absolute atomic E-state index is 0.0646. The second-order valence-electron chi connectivity index (χ2n) is 5.33. The maximum Gasteiger partial charge on any atom is 0.145 e. The van der Waals surface area contributed by atoms with Gasteiger partial charge in [0.25, 0.3) is 0 Å². The first kappa shape index (κ1) is 16.6. The summed E-state index contributed by atoms with van der Waals surface area (Å²) in [5.41, 5.74) is -0.443. The van der Waals surface area contributed by atoms with Crippen LogP contribution in [0.5, 0.6) is 0 Å². The number of Topliss-reactive ketones (excluding diaryl/α,β-unsaturated/α-hetero) is 2. The standard InChI is InChI=1S/C18H16BrFO2/c1-12(21)11-18(13(2)22,14-7-9-15(19)10-8-14)16-5-3-4-6-17(16)20/h3-10H,11H2,1-2H3. The Labute approximate surface area is 137 Å². The summed E-state index contributed by atoms with van der Waals surface area (Å²) < 4.78 is 15.2. The van der Waals surface area contributed by atoms with E-state index in [4.69, 9.17) is 0 Å². The van der Waals surface area contributed by atoms with Crippen molar-refractivity contribution in [1.29, 1.82) is 0 Å². The molecule has 0 aliphatic carbocycles. The Kier molecular flexibility index (Phi) is 4.91. The van der Waals surface area contributed by atoms with Gasteiger partial charge in [0.1, 0.15) is 17.4 Å². The van der Waals surface area contributed by atoms with Gasteiger partial charge in [-0.05, 0) is 37.6 Å². The third kappa shape index (κ3) is 3.02. The van der Waals surface area contributed by atoms with Gasteiger partial charge in [-0.1, -0.05) is 46.3 Å². The van der Waals surface area contributed by atoms with Gasteiger partial charge in [-0.25, -0.2) is 4.39 Å². The Morgan fingerprint density at radius 1 is 1.05 bits per heavy atom. The first-order valence-electron chi connectivity index (χ1n) is 6.89. The summed E-state index contributed by atoms with van der Waals surface area (Å²) in [4.78, 5) is 24.3. The molecule has 0 saturated heterocycles. The van der Waals surface area contributed by atoms with Crippen LogP contribution < -0.4 is 0 Å². The topological polar surface area (TPSA) is 34.1 Å². The van der Waals surface area contributed by atoms with Gasteiger partial charge in [0.2, 0.25) is 0 Å². The molecule has 0 aromatic heterocycles. The molecule has 0 aliphatic heterocycles. The van der Waals surface area contributed by atoms with Crippen LogP contribution in [0.3, 0.4) is 0 Å². The zero-order chi connectivity index (χ0) is 16.3. The Bertz CT molecular complexity index is 709. The van der Waals surface area contributed by atoms with E-state index in [1.54, 1.807) is 42.5 Å². The highest BCUT2D eigenvalue weighted by molar-refractivity contribution is 9.10. The fourth-order valence-electron chi connectivity index (χ4n) is 2.79. The van der Waals surface area contributed by atoms with Gasteiger partial charge in [-0.3, -0.25) is 9.59 Å². The lowest BCUT2D eigenvalue weighted by Crippen LogP contribution is -2.38. The van der Waals surface area contributed by atoms with Crippen LogP contribution in [0.2, 0.25) is 0 Å². The first-order chi connectivity index (χ1) is 10.4. The average Bonchev–Trinajstić information content (AvgIpc) is 2.46. The minimum Gasteiger partial charge on any atom is -0.300 e. The van der Waals surface area contributed by atoms with Crippen LogP contribution in [0.25, 0.3) is 0 Å². The smallest absolute Gasteiger partial charge is 0.145 e. The molecule has 4 heteroatoms. The van der Waals surface area contributed by atoms with E-state index in [9.17, 15) is 14.0 Å². The van der Waals surface area contributed by atoms with Gasteiger partial charge in [0.15, 0.2) is 0 Å². The average molecular weight is 363 g/mol. The molecular weight excluding hydrogens is 347 g/mol. The Hall–Kier alpha value is -1.81. The van der Waals surface area contributed by atoms with Crippen molar-refractivity contribution in [3.8, 4) is 0 Å². The molecule has 114 valence electrons. The van der Waals surface area contributed by atoms with Gasteiger partial charge in [-0.15, -0.1) is 0 Å². The molecule has 0 bridgehead atoms. The maximum atomic E-state index is 14.4. The largest absolute Gasteiger partial charge is 0.300 e. The van der Waals surface area contributed by atoms with E-state index in [-0.39, 0.29) is 23.6 Å². The van der Waals surface area contributed by atoms with Crippen LogP contribution in [0, 0.1) is 5.82 Å². The molecule has 0 amide bonds. The van der Waals surface area contributed by atoms with Crippen LogP contribution in [-0.2, 0) is 15.0 Å². The normalized spacial score (nSPS) is 13.5. The molecule has 1 unspecified atom stereocenters. The number of hydrogen-bond acceptors (Lipinski definition) is 2. The van der Waals surface area contributed by atoms with Crippen molar-refractivity contribution in [1.82, 2.24) is 0 Å². The Morgan fingerprint density at radius 2 is 1.64 bits per heavy atom. The van der Waals surface area contributed by atoms with Crippen molar-refractivity contribution >= 4 is 27.5 Å². The van der Waals surface area contributed by atoms with Gasteiger partial charge in [0, 0.05) is 16.5 Å². The van der Waals surface area contributed by atoms with Gasteiger partial charge < -0.3 is 0 Å². The molecule has 2 aromatic carbocycles. The van der Waals surface area contributed by atoms with Crippen molar-refractivity contribution in [3.05, 3.63) is 69.9 Å². The van der Waals surface area contributed by atoms with E-state index in [0.29, 0.717) is 5.56 Å². The zero-order valence-electron chi connectivity index (χ0n) is 12.4. The summed E-state index contributed by atoms with van der Waals surface area (Å²) in [6.45, 7) is 2.81. The number of carbonyl (C=O) groups excluding carboxylic acids is 2. The van der Waals surface area contributed by atoms with Crippen LogP contribution in [0.1, 0.15) is 31.4 Å². The van der Waals surface area contributed by atoms with Crippen LogP contribution in [-0.4, -0.2) is 11.6 Å². The Balaban J connectivity index is 2.77.